The summed E-state index contributed by atoms with van der Waals surface area (Å²) in [6.45, 7) is 0.500. The van der Waals surface area contributed by atoms with Crippen molar-refractivity contribution in [1.29, 1.82) is 0 Å². The molecule has 0 aliphatic carbocycles. The smallest absolute Gasteiger partial charge is 0.293 e. The number of anilines is 1. The number of nitrogens with zero attached hydrogens (tertiary/aromatic N) is 1. The molecule has 0 saturated heterocycles. The van der Waals surface area contributed by atoms with Crippen molar-refractivity contribution in [2.75, 3.05) is 5.32 Å². The van der Waals surface area contributed by atoms with Gasteiger partial charge in [-0.2, -0.15) is 0 Å². The normalized spacial score (nSPS) is 10.2. The molecule has 2 aromatic rings. The maximum atomic E-state index is 11.0. The van der Waals surface area contributed by atoms with Gasteiger partial charge in [0.05, 0.1) is 9.95 Å². The summed E-state index contributed by atoms with van der Waals surface area (Å²) in [6, 6.07) is 12.6. The van der Waals surface area contributed by atoms with E-state index in [0.717, 1.165) is 5.56 Å². The molecule has 98 valence electrons. The number of rotatable bonds is 4. The van der Waals surface area contributed by atoms with Gasteiger partial charge in [-0.15, -0.1) is 0 Å². The van der Waals surface area contributed by atoms with E-state index >= 15 is 0 Å². The maximum Gasteiger partial charge on any atom is 0.293 e. The molecule has 2 rings (SSSR count). The van der Waals surface area contributed by atoms with Gasteiger partial charge in [-0.1, -0.05) is 41.9 Å². The molecule has 0 spiro atoms. The van der Waals surface area contributed by atoms with Crippen LogP contribution in [0.5, 0.6) is 0 Å². The van der Waals surface area contributed by atoms with Crippen molar-refractivity contribution in [1.82, 2.24) is 0 Å². The van der Waals surface area contributed by atoms with Crippen LogP contribution in [0.25, 0.3) is 0 Å². The Bertz CT molecular complexity index is 605. The molecule has 0 aliphatic rings. The van der Waals surface area contributed by atoms with Crippen LogP contribution in [-0.4, -0.2) is 4.92 Å². The summed E-state index contributed by atoms with van der Waals surface area (Å²) < 4.78 is 0.506. The Morgan fingerprint density at radius 1 is 1.26 bits per heavy atom. The van der Waals surface area contributed by atoms with Crippen LogP contribution in [-0.2, 0) is 6.54 Å². The summed E-state index contributed by atoms with van der Waals surface area (Å²) >= 11 is 9.14. The average molecular weight is 342 g/mol. The van der Waals surface area contributed by atoms with Crippen LogP contribution in [0.4, 0.5) is 11.4 Å². The molecule has 0 amide bonds. The van der Waals surface area contributed by atoms with Gasteiger partial charge in [0.25, 0.3) is 5.69 Å². The SMILES string of the molecule is O=[N+]([O-])c1cc(Br)c(Cl)cc1NCc1ccccc1. The minimum absolute atomic E-state index is 0.00722. The predicted molar refractivity (Wildman–Crippen MR) is 79.6 cm³/mol. The summed E-state index contributed by atoms with van der Waals surface area (Å²) in [5.74, 6) is 0. The van der Waals surface area contributed by atoms with E-state index in [1.54, 1.807) is 6.07 Å². The summed E-state index contributed by atoms with van der Waals surface area (Å²) in [6.07, 6.45) is 0. The maximum absolute atomic E-state index is 11.0. The van der Waals surface area contributed by atoms with E-state index in [1.165, 1.54) is 6.07 Å². The van der Waals surface area contributed by atoms with Crippen LogP contribution in [0.15, 0.2) is 46.9 Å². The first kappa shape index (κ1) is 13.8. The second kappa shape index (κ2) is 6.04. The molecule has 0 bridgehead atoms. The van der Waals surface area contributed by atoms with E-state index in [9.17, 15) is 10.1 Å². The molecular formula is C13H10BrClN2O2. The highest BCUT2D eigenvalue weighted by molar-refractivity contribution is 9.10. The first-order chi connectivity index (χ1) is 9.08. The van der Waals surface area contributed by atoms with E-state index in [4.69, 9.17) is 11.6 Å². The molecule has 0 aromatic heterocycles. The van der Waals surface area contributed by atoms with Gasteiger partial charge >= 0.3 is 0 Å². The summed E-state index contributed by atoms with van der Waals surface area (Å²) in [7, 11) is 0. The van der Waals surface area contributed by atoms with Crippen molar-refractivity contribution >= 4 is 38.9 Å². The van der Waals surface area contributed by atoms with Crippen LogP contribution in [0, 0.1) is 10.1 Å². The van der Waals surface area contributed by atoms with Gasteiger partial charge in [0, 0.05) is 17.1 Å². The van der Waals surface area contributed by atoms with Crippen LogP contribution in [0.2, 0.25) is 5.02 Å². The quantitative estimate of drug-likeness (QED) is 0.652. The molecule has 6 heteroatoms. The molecular weight excluding hydrogens is 332 g/mol. The Hall–Kier alpha value is -1.59. The summed E-state index contributed by atoms with van der Waals surface area (Å²) in [4.78, 5) is 10.6. The van der Waals surface area contributed by atoms with Crippen molar-refractivity contribution in [3.63, 3.8) is 0 Å². The van der Waals surface area contributed by atoms with Crippen LogP contribution in [0.3, 0.4) is 0 Å². The van der Waals surface area contributed by atoms with Crippen LogP contribution < -0.4 is 5.32 Å². The van der Waals surface area contributed by atoms with Crippen molar-refractivity contribution in [3.05, 3.63) is 67.6 Å². The minimum Gasteiger partial charge on any atom is -0.375 e. The third-order valence-corrected chi connectivity index (χ3v) is 3.76. The fourth-order valence-corrected chi connectivity index (χ4v) is 2.12. The molecule has 0 aliphatic heterocycles. The average Bonchev–Trinajstić information content (AvgIpc) is 2.40. The molecule has 0 atom stereocenters. The number of hydrogen-bond acceptors (Lipinski definition) is 3. The van der Waals surface area contributed by atoms with Crippen LogP contribution in [0.1, 0.15) is 5.56 Å². The molecule has 0 saturated carbocycles. The topological polar surface area (TPSA) is 55.2 Å². The molecule has 0 heterocycles. The number of hydrogen-bond donors (Lipinski definition) is 1. The van der Waals surface area contributed by atoms with Gasteiger partial charge in [-0.25, -0.2) is 0 Å². The Kier molecular flexibility index (Phi) is 4.39. The third kappa shape index (κ3) is 3.45. The molecule has 0 radical (unpaired) electrons. The number of nitrogens with one attached hydrogen (secondary N) is 1. The minimum atomic E-state index is -0.436. The zero-order valence-electron chi connectivity index (χ0n) is 9.77. The highest BCUT2D eigenvalue weighted by atomic mass is 79.9. The summed E-state index contributed by atoms with van der Waals surface area (Å²) in [5, 5.41) is 14.5. The Morgan fingerprint density at radius 3 is 2.58 bits per heavy atom. The third-order valence-electron chi connectivity index (χ3n) is 2.56. The van der Waals surface area contributed by atoms with E-state index in [0.29, 0.717) is 21.7 Å². The first-order valence-electron chi connectivity index (χ1n) is 5.49. The Morgan fingerprint density at radius 2 is 1.95 bits per heavy atom. The monoisotopic (exact) mass is 340 g/mol. The highest BCUT2D eigenvalue weighted by Gasteiger charge is 2.16. The van der Waals surface area contributed by atoms with Gasteiger partial charge in [0.1, 0.15) is 5.69 Å². The van der Waals surface area contributed by atoms with Gasteiger partial charge in [-0.3, -0.25) is 10.1 Å². The molecule has 4 nitrogen and oxygen atoms in total. The second-order valence-electron chi connectivity index (χ2n) is 3.88. The van der Waals surface area contributed by atoms with Gasteiger partial charge in [-0.05, 0) is 27.6 Å². The van der Waals surface area contributed by atoms with Crippen molar-refractivity contribution in [2.45, 2.75) is 6.54 Å². The first-order valence-corrected chi connectivity index (χ1v) is 6.66. The fourth-order valence-electron chi connectivity index (χ4n) is 1.62. The number of benzene rings is 2. The van der Waals surface area contributed by atoms with Crippen molar-refractivity contribution < 1.29 is 4.92 Å². The van der Waals surface area contributed by atoms with Gasteiger partial charge in [0.15, 0.2) is 0 Å². The van der Waals surface area contributed by atoms with Gasteiger partial charge in [0.2, 0.25) is 0 Å². The number of halogens is 2. The second-order valence-corrected chi connectivity index (χ2v) is 5.14. The van der Waals surface area contributed by atoms with Crippen molar-refractivity contribution in [3.8, 4) is 0 Å². The lowest BCUT2D eigenvalue weighted by molar-refractivity contribution is -0.384. The van der Waals surface area contributed by atoms with E-state index in [-0.39, 0.29) is 5.69 Å². The van der Waals surface area contributed by atoms with E-state index in [1.807, 2.05) is 30.3 Å². The lowest BCUT2D eigenvalue weighted by atomic mass is 10.2. The lowest BCUT2D eigenvalue weighted by Gasteiger charge is -2.08. The summed E-state index contributed by atoms with van der Waals surface area (Å²) in [5.41, 5.74) is 1.44. The number of nitro benzene ring substituents is 1. The Balaban J connectivity index is 2.24. The molecule has 19 heavy (non-hydrogen) atoms. The molecule has 0 unspecified atom stereocenters. The molecule has 0 fully saturated rings. The van der Waals surface area contributed by atoms with Gasteiger partial charge < -0.3 is 5.32 Å². The zero-order valence-corrected chi connectivity index (χ0v) is 12.1. The highest BCUT2D eigenvalue weighted by Crippen LogP contribution is 2.34. The van der Waals surface area contributed by atoms with E-state index < -0.39 is 4.92 Å². The van der Waals surface area contributed by atoms with Crippen LogP contribution >= 0.6 is 27.5 Å². The molecule has 2 aromatic carbocycles. The van der Waals surface area contributed by atoms with Crippen molar-refractivity contribution in [2.24, 2.45) is 0 Å². The largest absolute Gasteiger partial charge is 0.375 e. The van der Waals surface area contributed by atoms with E-state index in [2.05, 4.69) is 21.2 Å². The fraction of sp³-hybridized carbons (Fsp3) is 0.0769. The zero-order chi connectivity index (χ0) is 13.8. The number of nitro groups is 1. The predicted octanol–water partition coefficient (Wildman–Crippen LogP) is 4.62. The lowest BCUT2D eigenvalue weighted by Crippen LogP contribution is -2.02. The standard InChI is InChI=1S/C13H10BrClN2O2/c14-10-6-13(17(18)19)12(7-11(10)15)16-8-9-4-2-1-3-5-9/h1-7,16H,8H2. The Labute approximate surface area is 123 Å². The molecule has 1 N–H and O–H groups in total.